The summed E-state index contributed by atoms with van der Waals surface area (Å²) >= 11 is 0. The van der Waals surface area contributed by atoms with Crippen LogP contribution in [-0.2, 0) is 32.0 Å². The molecule has 4 N–H and O–H groups in total. The molecule has 0 radical (unpaired) electrons. The highest BCUT2D eigenvalue weighted by Gasteiger charge is 2.33. The maximum Gasteiger partial charge on any atom is 0.408 e. The number of aliphatic carboxylic acids is 1. The molecule has 0 aliphatic heterocycles. The summed E-state index contributed by atoms with van der Waals surface area (Å²) in [6.07, 6.45) is -1.12. The fourth-order valence-corrected chi connectivity index (χ4v) is 3.80. The standard InChI is InChI=1S/C29H38FN3O6/c1-28(2,3)39-27(38)33-22(17-20-14-10-7-11-15-20)25(35)31-21(16-19-12-8-6-9-13-19)24(34)32-23(26(36)37)18-29(4,5)30/h6-15,21-23H,16-18H2,1-5H3,(H,31,35)(H,32,34)(H,33,38)(H,36,37). The van der Waals surface area contributed by atoms with E-state index in [1.165, 1.54) is 13.8 Å². The highest BCUT2D eigenvalue weighted by molar-refractivity contribution is 5.93. The van der Waals surface area contributed by atoms with Crippen molar-refractivity contribution in [3.63, 3.8) is 0 Å². The van der Waals surface area contributed by atoms with Crippen LogP contribution in [-0.4, -0.2) is 58.4 Å². The quantitative estimate of drug-likeness (QED) is 0.324. The van der Waals surface area contributed by atoms with Crippen LogP contribution in [0.2, 0.25) is 0 Å². The molecule has 0 aliphatic carbocycles. The van der Waals surface area contributed by atoms with Crippen LogP contribution < -0.4 is 16.0 Å². The van der Waals surface area contributed by atoms with E-state index in [2.05, 4.69) is 16.0 Å². The van der Waals surface area contributed by atoms with Gasteiger partial charge < -0.3 is 25.8 Å². The molecule has 212 valence electrons. The van der Waals surface area contributed by atoms with Crippen molar-refractivity contribution < 1.29 is 33.4 Å². The molecule has 39 heavy (non-hydrogen) atoms. The van der Waals surface area contributed by atoms with Crippen molar-refractivity contribution in [3.05, 3.63) is 71.8 Å². The summed E-state index contributed by atoms with van der Waals surface area (Å²) in [5, 5.41) is 17.1. The maximum absolute atomic E-state index is 14.2. The molecule has 3 atom stereocenters. The van der Waals surface area contributed by atoms with E-state index in [0.717, 1.165) is 5.56 Å². The predicted octanol–water partition coefficient (Wildman–Crippen LogP) is 3.56. The smallest absolute Gasteiger partial charge is 0.408 e. The number of rotatable bonds is 12. The van der Waals surface area contributed by atoms with Gasteiger partial charge in [-0.3, -0.25) is 9.59 Å². The Morgan fingerprint density at radius 2 is 1.15 bits per heavy atom. The predicted molar refractivity (Wildman–Crippen MR) is 145 cm³/mol. The third-order valence-corrected chi connectivity index (χ3v) is 5.51. The number of alkyl halides is 1. The molecule has 0 aliphatic rings. The zero-order chi connectivity index (χ0) is 29.2. The zero-order valence-corrected chi connectivity index (χ0v) is 23.0. The molecular weight excluding hydrogens is 505 g/mol. The minimum Gasteiger partial charge on any atom is -0.480 e. The number of carboxylic acids is 1. The SMILES string of the molecule is CC(C)(F)CC(NC(=O)C(Cc1ccccc1)NC(=O)C(Cc1ccccc1)NC(=O)OC(C)(C)C)C(=O)O. The second-order valence-electron chi connectivity index (χ2n) is 11.0. The first kappa shape index (κ1) is 31.3. The van der Waals surface area contributed by atoms with Gasteiger partial charge in [-0.1, -0.05) is 60.7 Å². The van der Waals surface area contributed by atoms with Gasteiger partial charge in [-0.15, -0.1) is 0 Å². The molecule has 0 aromatic heterocycles. The van der Waals surface area contributed by atoms with Crippen molar-refractivity contribution in [2.75, 3.05) is 0 Å². The molecule has 2 aromatic rings. The lowest BCUT2D eigenvalue weighted by molar-refractivity contribution is -0.143. The summed E-state index contributed by atoms with van der Waals surface area (Å²) in [4.78, 5) is 51.0. The van der Waals surface area contributed by atoms with Crippen molar-refractivity contribution in [1.82, 2.24) is 16.0 Å². The van der Waals surface area contributed by atoms with Gasteiger partial charge in [0.25, 0.3) is 0 Å². The summed E-state index contributed by atoms with van der Waals surface area (Å²) in [5.41, 5.74) is -1.19. The first-order valence-corrected chi connectivity index (χ1v) is 12.7. The Hall–Kier alpha value is -3.95. The lowest BCUT2D eigenvalue weighted by atomic mass is 9.99. The normalized spacial score (nSPS) is 13.9. The van der Waals surface area contributed by atoms with Crippen LogP contribution in [0.15, 0.2) is 60.7 Å². The highest BCUT2D eigenvalue weighted by atomic mass is 19.1. The van der Waals surface area contributed by atoms with Crippen LogP contribution in [0.4, 0.5) is 9.18 Å². The van der Waals surface area contributed by atoms with Gasteiger partial charge in [0, 0.05) is 19.3 Å². The number of amides is 3. The van der Waals surface area contributed by atoms with Crippen molar-refractivity contribution in [3.8, 4) is 0 Å². The van der Waals surface area contributed by atoms with E-state index in [0.29, 0.717) is 5.56 Å². The Bertz CT molecular complexity index is 1110. The van der Waals surface area contributed by atoms with E-state index in [-0.39, 0.29) is 12.8 Å². The Morgan fingerprint density at radius 1 is 0.744 bits per heavy atom. The number of nitrogens with one attached hydrogen (secondary N) is 3. The average Bonchev–Trinajstić information content (AvgIpc) is 2.82. The molecule has 0 saturated carbocycles. The number of ether oxygens (including phenoxy) is 1. The topological polar surface area (TPSA) is 134 Å². The number of carbonyl (C=O) groups excluding carboxylic acids is 3. The van der Waals surface area contributed by atoms with E-state index in [9.17, 15) is 28.7 Å². The molecule has 9 nitrogen and oxygen atoms in total. The summed E-state index contributed by atoms with van der Waals surface area (Å²) in [6.45, 7) is 7.51. The number of halogens is 1. The lowest BCUT2D eigenvalue weighted by Gasteiger charge is -2.27. The number of benzene rings is 2. The molecule has 0 fully saturated rings. The van der Waals surface area contributed by atoms with Crippen molar-refractivity contribution in [1.29, 1.82) is 0 Å². The van der Waals surface area contributed by atoms with Crippen LogP contribution in [0, 0.1) is 0 Å². The molecule has 2 rings (SSSR count). The van der Waals surface area contributed by atoms with E-state index >= 15 is 0 Å². The second kappa shape index (κ2) is 13.7. The summed E-state index contributed by atoms with van der Waals surface area (Å²) in [5.74, 6) is -2.86. The van der Waals surface area contributed by atoms with E-state index in [1.807, 2.05) is 6.07 Å². The minimum atomic E-state index is -1.85. The summed E-state index contributed by atoms with van der Waals surface area (Å²) < 4.78 is 19.5. The Balaban J connectivity index is 2.31. The molecule has 2 aromatic carbocycles. The molecule has 0 heterocycles. The number of hydrogen-bond acceptors (Lipinski definition) is 5. The summed E-state index contributed by atoms with van der Waals surface area (Å²) in [6, 6.07) is 14.0. The molecule has 0 bridgehead atoms. The molecule has 10 heteroatoms. The average molecular weight is 544 g/mol. The van der Waals surface area contributed by atoms with Crippen molar-refractivity contribution in [2.24, 2.45) is 0 Å². The van der Waals surface area contributed by atoms with Crippen LogP contribution in [0.25, 0.3) is 0 Å². The van der Waals surface area contributed by atoms with Crippen LogP contribution >= 0.6 is 0 Å². The number of alkyl carbamates (subject to hydrolysis) is 1. The van der Waals surface area contributed by atoms with Crippen molar-refractivity contribution in [2.45, 2.75) is 83.3 Å². The monoisotopic (exact) mass is 543 g/mol. The minimum absolute atomic E-state index is 0.0360. The van der Waals surface area contributed by atoms with Crippen LogP contribution in [0.5, 0.6) is 0 Å². The summed E-state index contributed by atoms with van der Waals surface area (Å²) in [7, 11) is 0. The first-order valence-electron chi connectivity index (χ1n) is 12.7. The second-order valence-corrected chi connectivity index (χ2v) is 11.0. The zero-order valence-electron chi connectivity index (χ0n) is 23.0. The first-order chi connectivity index (χ1) is 18.1. The van der Waals surface area contributed by atoms with Gasteiger partial charge in [0.1, 0.15) is 29.4 Å². The van der Waals surface area contributed by atoms with Gasteiger partial charge in [-0.25, -0.2) is 14.0 Å². The van der Waals surface area contributed by atoms with Gasteiger partial charge in [0.05, 0.1) is 0 Å². The van der Waals surface area contributed by atoms with E-state index < -0.39 is 59.7 Å². The fourth-order valence-electron chi connectivity index (χ4n) is 3.80. The highest BCUT2D eigenvalue weighted by Crippen LogP contribution is 2.17. The molecule has 3 unspecified atom stereocenters. The molecule has 0 spiro atoms. The number of hydrogen-bond donors (Lipinski definition) is 4. The van der Waals surface area contributed by atoms with Gasteiger partial charge in [-0.2, -0.15) is 0 Å². The molecular formula is C29H38FN3O6. The van der Waals surface area contributed by atoms with Gasteiger partial charge in [0.2, 0.25) is 11.8 Å². The Labute approximate surface area is 228 Å². The molecule has 3 amide bonds. The number of carboxylic acid groups (broad SMARTS) is 1. The lowest BCUT2D eigenvalue weighted by Crippen LogP contribution is -2.57. The Morgan fingerprint density at radius 3 is 1.54 bits per heavy atom. The van der Waals surface area contributed by atoms with Crippen LogP contribution in [0.3, 0.4) is 0 Å². The van der Waals surface area contributed by atoms with Gasteiger partial charge in [0.15, 0.2) is 0 Å². The fraction of sp³-hybridized carbons (Fsp3) is 0.448. The van der Waals surface area contributed by atoms with E-state index in [1.54, 1.807) is 75.4 Å². The van der Waals surface area contributed by atoms with Gasteiger partial charge in [-0.05, 0) is 45.7 Å². The third kappa shape index (κ3) is 12.0. The van der Waals surface area contributed by atoms with Crippen molar-refractivity contribution >= 4 is 23.9 Å². The van der Waals surface area contributed by atoms with E-state index in [4.69, 9.17) is 4.74 Å². The third-order valence-electron chi connectivity index (χ3n) is 5.51. The van der Waals surface area contributed by atoms with Gasteiger partial charge >= 0.3 is 12.1 Å². The molecule has 0 saturated heterocycles. The number of carbonyl (C=O) groups is 4. The maximum atomic E-state index is 14.2. The Kier molecular flexibility index (Phi) is 11.0. The van der Waals surface area contributed by atoms with Crippen LogP contribution in [0.1, 0.15) is 52.2 Å². The largest absolute Gasteiger partial charge is 0.480 e.